The average molecular weight is 360 g/mol. The number of nitrogens with one attached hydrogen (secondary N) is 1. The van der Waals surface area contributed by atoms with Crippen molar-refractivity contribution in [3.63, 3.8) is 0 Å². The van der Waals surface area contributed by atoms with Gasteiger partial charge < -0.3 is 14.5 Å². The normalized spacial score (nSPS) is 11.2. The Morgan fingerprint density at radius 1 is 1.16 bits per heavy atom. The first-order valence-corrected chi connectivity index (χ1v) is 7.63. The van der Waals surface area contributed by atoms with E-state index >= 15 is 0 Å². The molecule has 0 aliphatic carbocycles. The van der Waals surface area contributed by atoms with E-state index in [1.165, 1.54) is 20.4 Å². The summed E-state index contributed by atoms with van der Waals surface area (Å²) >= 11 is 6.05. The van der Waals surface area contributed by atoms with Crippen LogP contribution in [0.2, 0.25) is 5.02 Å². The second kappa shape index (κ2) is 6.82. The summed E-state index contributed by atoms with van der Waals surface area (Å²) in [5.74, 6) is 0.803. The Hall–Kier alpha value is -3.06. The fourth-order valence-electron chi connectivity index (χ4n) is 2.43. The van der Waals surface area contributed by atoms with E-state index in [1.54, 1.807) is 36.4 Å². The lowest BCUT2D eigenvalue weighted by atomic mass is 10.2. The van der Waals surface area contributed by atoms with Crippen molar-refractivity contribution in [1.29, 1.82) is 0 Å². The number of ether oxygens (including phenoxy) is 2. The van der Waals surface area contributed by atoms with Gasteiger partial charge in [0, 0.05) is 16.7 Å². The van der Waals surface area contributed by atoms with E-state index in [-0.39, 0.29) is 0 Å². The smallest absolute Gasteiger partial charge is 0.349 e. The Morgan fingerprint density at radius 3 is 2.64 bits per heavy atom. The van der Waals surface area contributed by atoms with Crippen LogP contribution in [0.4, 0.5) is 0 Å². The van der Waals surface area contributed by atoms with Gasteiger partial charge in [0.25, 0.3) is 5.56 Å². The van der Waals surface area contributed by atoms with Crippen molar-refractivity contribution in [3.05, 3.63) is 67.8 Å². The third-order valence-electron chi connectivity index (χ3n) is 3.57. The van der Waals surface area contributed by atoms with Gasteiger partial charge in [0.05, 0.1) is 31.3 Å². The van der Waals surface area contributed by atoms with E-state index in [2.05, 4.69) is 10.1 Å². The maximum Gasteiger partial charge on any atom is 0.349 e. The number of benzene rings is 2. The van der Waals surface area contributed by atoms with Gasteiger partial charge in [-0.3, -0.25) is 4.79 Å². The predicted molar refractivity (Wildman–Crippen MR) is 96.4 cm³/mol. The molecule has 1 heterocycles. The molecule has 128 valence electrons. The number of fused-ring (bicyclic) bond motifs is 1. The number of hydrogen-bond acceptors (Lipinski definition) is 5. The molecule has 0 saturated heterocycles. The number of halogens is 1. The Balaban J connectivity index is 2.15. The van der Waals surface area contributed by atoms with E-state index < -0.39 is 11.2 Å². The zero-order valence-electron chi connectivity index (χ0n) is 13.4. The minimum atomic E-state index is -0.645. The highest BCUT2D eigenvalue weighted by atomic mass is 35.5. The first-order valence-electron chi connectivity index (χ1n) is 7.25. The Labute approximate surface area is 147 Å². The van der Waals surface area contributed by atoms with E-state index in [0.29, 0.717) is 33.0 Å². The van der Waals surface area contributed by atoms with Crippen molar-refractivity contribution >= 4 is 28.7 Å². The lowest BCUT2D eigenvalue weighted by Gasteiger charge is -2.10. The Kier molecular flexibility index (Phi) is 4.58. The van der Waals surface area contributed by atoms with Gasteiger partial charge in [-0.1, -0.05) is 23.7 Å². The van der Waals surface area contributed by atoms with Crippen LogP contribution in [0, 0.1) is 0 Å². The first kappa shape index (κ1) is 16.8. The molecule has 0 unspecified atom stereocenters. The number of para-hydroxylation sites is 1. The number of hydrogen-bond donors (Lipinski definition) is 1. The third-order valence-corrected chi connectivity index (χ3v) is 3.79. The van der Waals surface area contributed by atoms with Crippen LogP contribution in [0.15, 0.2) is 51.1 Å². The quantitative estimate of drug-likeness (QED) is 0.724. The molecule has 0 atom stereocenters. The number of H-pyrrole nitrogens is 1. The summed E-state index contributed by atoms with van der Waals surface area (Å²) in [5.41, 5.74) is -0.256. The van der Waals surface area contributed by atoms with E-state index in [9.17, 15) is 9.59 Å². The van der Waals surface area contributed by atoms with Gasteiger partial charge in [0.1, 0.15) is 0 Å². The van der Waals surface area contributed by atoms with Crippen LogP contribution < -0.4 is 20.7 Å². The monoisotopic (exact) mass is 359 g/mol. The van der Waals surface area contributed by atoms with Gasteiger partial charge in [-0.25, -0.2) is 4.79 Å². The molecule has 0 saturated carbocycles. The van der Waals surface area contributed by atoms with Gasteiger partial charge in [-0.15, -0.1) is 4.68 Å². The summed E-state index contributed by atoms with van der Waals surface area (Å²) < 4.78 is 11.2. The van der Waals surface area contributed by atoms with Crippen molar-refractivity contribution in [2.45, 2.75) is 0 Å². The van der Waals surface area contributed by atoms with Crippen LogP contribution in [0.5, 0.6) is 11.5 Å². The highest BCUT2D eigenvalue weighted by Crippen LogP contribution is 2.33. The van der Waals surface area contributed by atoms with E-state index in [0.717, 1.165) is 4.68 Å². The van der Waals surface area contributed by atoms with E-state index in [1.807, 2.05) is 0 Å². The van der Waals surface area contributed by atoms with Crippen molar-refractivity contribution < 1.29 is 9.47 Å². The van der Waals surface area contributed by atoms with Gasteiger partial charge >= 0.3 is 5.69 Å². The van der Waals surface area contributed by atoms with Gasteiger partial charge in [-0.2, -0.15) is 5.10 Å². The zero-order valence-corrected chi connectivity index (χ0v) is 14.2. The molecule has 0 aliphatic rings. The molecule has 1 aromatic heterocycles. The third kappa shape index (κ3) is 3.14. The van der Waals surface area contributed by atoms with Gasteiger partial charge in [-0.05, 0) is 18.2 Å². The van der Waals surface area contributed by atoms with Gasteiger partial charge in [0.2, 0.25) is 0 Å². The van der Waals surface area contributed by atoms with E-state index in [4.69, 9.17) is 21.1 Å². The molecule has 0 radical (unpaired) electrons. The number of aromatic amines is 1. The molecule has 25 heavy (non-hydrogen) atoms. The molecule has 1 N–H and O–H groups in total. The molecule has 2 aromatic carbocycles. The van der Waals surface area contributed by atoms with Crippen LogP contribution in [0.1, 0.15) is 5.56 Å². The fraction of sp³-hybridized carbons (Fsp3) is 0.118. The maximum absolute atomic E-state index is 12.5. The SMILES string of the molecule is COc1cc(Cl)cc(C=Nn2c(=O)[nH]c3ccccc3c2=O)c1OC. The number of nitrogens with zero attached hydrogens (tertiary/aromatic N) is 2. The molecule has 0 bridgehead atoms. The van der Waals surface area contributed by atoms with Crippen molar-refractivity contribution in [3.8, 4) is 11.5 Å². The molecule has 3 rings (SSSR count). The summed E-state index contributed by atoms with van der Waals surface area (Å²) in [7, 11) is 2.95. The number of methoxy groups -OCH3 is 2. The number of aromatic nitrogens is 2. The van der Waals surface area contributed by atoms with Crippen molar-refractivity contribution in [1.82, 2.24) is 9.66 Å². The molecule has 0 amide bonds. The van der Waals surface area contributed by atoms with Crippen LogP contribution in [-0.4, -0.2) is 30.1 Å². The Morgan fingerprint density at radius 2 is 1.92 bits per heavy atom. The van der Waals surface area contributed by atoms with Crippen LogP contribution in [0.3, 0.4) is 0 Å². The zero-order chi connectivity index (χ0) is 18.0. The minimum absolute atomic E-state index is 0.356. The summed E-state index contributed by atoms with van der Waals surface area (Å²) in [6.07, 6.45) is 1.32. The molecule has 0 aliphatic heterocycles. The second-order valence-electron chi connectivity index (χ2n) is 5.07. The summed E-state index contributed by atoms with van der Waals surface area (Å²) in [5, 5.41) is 4.75. The molecule has 0 spiro atoms. The molecular weight excluding hydrogens is 346 g/mol. The minimum Gasteiger partial charge on any atom is -0.493 e. The van der Waals surface area contributed by atoms with Crippen LogP contribution in [-0.2, 0) is 0 Å². The summed E-state index contributed by atoms with van der Waals surface area (Å²) in [6.45, 7) is 0. The van der Waals surface area contributed by atoms with Gasteiger partial charge in [0.15, 0.2) is 11.5 Å². The number of rotatable bonds is 4. The predicted octanol–water partition coefficient (Wildman–Crippen LogP) is 2.24. The van der Waals surface area contributed by atoms with Crippen LogP contribution >= 0.6 is 11.6 Å². The maximum atomic E-state index is 12.5. The van der Waals surface area contributed by atoms with Crippen molar-refractivity contribution in [2.24, 2.45) is 5.10 Å². The molecular formula is C17H14ClN3O4. The van der Waals surface area contributed by atoms with Crippen molar-refractivity contribution in [2.75, 3.05) is 14.2 Å². The topological polar surface area (TPSA) is 85.7 Å². The van der Waals surface area contributed by atoms with Crippen LogP contribution in [0.25, 0.3) is 10.9 Å². The fourth-order valence-corrected chi connectivity index (χ4v) is 2.65. The lowest BCUT2D eigenvalue weighted by Crippen LogP contribution is -2.32. The highest BCUT2D eigenvalue weighted by molar-refractivity contribution is 6.31. The first-order chi connectivity index (χ1) is 12.0. The largest absolute Gasteiger partial charge is 0.493 e. The summed E-state index contributed by atoms with van der Waals surface area (Å²) in [6, 6.07) is 9.88. The molecule has 0 fully saturated rings. The highest BCUT2D eigenvalue weighted by Gasteiger charge is 2.11. The second-order valence-corrected chi connectivity index (χ2v) is 5.50. The Bertz CT molecular complexity index is 1090. The average Bonchev–Trinajstić information content (AvgIpc) is 2.61. The summed E-state index contributed by atoms with van der Waals surface area (Å²) in [4.78, 5) is 27.2. The molecule has 3 aromatic rings. The molecule has 8 heteroatoms. The molecule has 7 nitrogen and oxygen atoms in total. The lowest BCUT2D eigenvalue weighted by molar-refractivity contribution is 0.354. The standard InChI is InChI=1S/C17H14ClN3O4/c1-24-14-8-11(18)7-10(15(14)25-2)9-19-21-16(22)12-5-3-4-6-13(12)20-17(21)23/h3-9H,1-2H3,(H,20,23).